The molecular formula is C22H26ClFN2O3. The van der Waals surface area contributed by atoms with Crippen LogP contribution in [-0.2, 0) is 4.79 Å². The van der Waals surface area contributed by atoms with E-state index in [1.54, 1.807) is 30.3 Å². The average molecular weight is 421 g/mol. The van der Waals surface area contributed by atoms with E-state index in [-0.39, 0.29) is 24.9 Å². The van der Waals surface area contributed by atoms with Crippen molar-refractivity contribution in [3.8, 4) is 5.75 Å². The van der Waals surface area contributed by atoms with Gasteiger partial charge >= 0.3 is 0 Å². The fourth-order valence-electron chi connectivity index (χ4n) is 3.43. The summed E-state index contributed by atoms with van der Waals surface area (Å²) in [5.74, 6) is 0.0432. The van der Waals surface area contributed by atoms with E-state index in [4.69, 9.17) is 16.3 Å². The van der Waals surface area contributed by atoms with Crippen molar-refractivity contribution in [3.05, 3.63) is 58.9 Å². The number of aryl methyl sites for hydroxylation is 1. The third-order valence-corrected chi connectivity index (χ3v) is 5.39. The monoisotopic (exact) mass is 420 g/mol. The smallest absolute Gasteiger partial charge is 0.238 e. The Bertz CT molecular complexity index is 864. The van der Waals surface area contributed by atoms with Crippen molar-refractivity contribution in [2.24, 2.45) is 0 Å². The second-order valence-corrected chi connectivity index (χ2v) is 8.04. The highest BCUT2D eigenvalue weighted by molar-refractivity contribution is 6.30. The molecule has 3 rings (SSSR count). The summed E-state index contributed by atoms with van der Waals surface area (Å²) in [4.78, 5) is 14.4. The maximum absolute atomic E-state index is 13.4. The molecule has 0 radical (unpaired) electrons. The third-order valence-electron chi connectivity index (χ3n) is 5.15. The summed E-state index contributed by atoms with van der Waals surface area (Å²) in [6.07, 6.45) is 1.84. The van der Waals surface area contributed by atoms with Crippen LogP contribution < -0.4 is 10.1 Å². The van der Waals surface area contributed by atoms with Gasteiger partial charge in [-0.25, -0.2) is 4.39 Å². The van der Waals surface area contributed by atoms with Crippen LogP contribution in [-0.4, -0.2) is 47.8 Å². The quantitative estimate of drug-likeness (QED) is 0.740. The lowest BCUT2D eigenvalue weighted by atomic mass is 9.96. The van der Waals surface area contributed by atoms with Gasteiger partial charge in [0.25, 0.3) is 0 Å². The van der Waals surface area contributed by atoms with Gasteiger partial charge in [0.15, 0.2) is 0 Å². The zero-order chi connectivity index (χ0) is 20.9. The highest BCUT2D eigenvalue weighted by Gasteiger charge is 2.31. The first-order valence-corrected chi connectivity index (χ1v) is 10.1. The van der Waals surface area contributed by atoms with Gasteiger partial charge in [-0.05, 0) is 68.6 Å². The predicted molar refractivity (Wildman–Crippen MR) is 112 cm³/mol. The molecule has 1 saturated heterocycles. The van der Waals surface area contributed by atoms with Crippen LogP contribution in [0.1, 0.15) is 24.8 Å². The van der Waals surface area contributed by atoms with E-state index in [1.165, 1.54) is 12.1 Å². The minimum absolute atomic E-state index is 0.176. The summed E-state index contributed by atoms with van der Waals surface area (Å²) in [6.45, 7) is 3.47. The molecule has 0 saturated carbocycles. The Balaban J connectivity index is 1.51. The van der Waals surface area contributed by atoms with Gasteiger partial charge in [-0.3, -0.25) is 9.69 Å². The highest BCUT2D eigenvalue weighted by atomic mass is 35.5. The normalized spacial score (nSPS) is 20.1. The molecule has 2 N–H and O–H groups in total. The van der Waals surface area contributed by atoms with Crippen molar-refractivity contribution in [1.82, 2.24) is 4.90 Å². The zero-order valence-corrected chi connectivity index (χ0v) is 17.2. The summed E-state index contributed by atoms with van der Waals surface area (Å²) in [7, 11) is 0. The lowest BCUT2D eigenvalue weighted by molar-refractivity contribution is -0.117. The Morgan fingerprint density at radius 1 is 1.28 bits per heavy atom. The number of nitrogens with one attached hydrogen (secondary N) is 1. The number of nitrogens with zero attached hydrogens (tertiary/aromatic N) is 1. The van der Waals surface area contributed by atoms with Gasteiger partial charge < -0.3 is 15.2 Å². The number of hydrogen-bond acceptors (Lipinski definition) is 4. The van der Waals surface area contributed by atoms with Crippen LogP contribution in [0.3, 0.4) is 0 Å². The number of halogens is 2. The minimum atomic E-state index is -0.952. The van der Waals surface area contributed by atoms with Gasteiger partial charge in [-0.15, -0.1) is 0 Å². The number of anilines is 1. The summed E-state index contributed by atoms with van der Waals surface area (Å²) >= 11 is 5.96. The molecule has 0 bridgehead atoms. The van der Waals surface area contributed by atoms with E-state index in [0.717, 1.165) is 12.0 Å². The topological polar surface area (TPSA) is 61.8 Å². The van der Waals surface area contributed by atoms with Crippen LogP contribution in [0.5, 0.6) is 5.75 Å². The average Bonchev–Trinajstić information content (AvgIpc) is 2.85. The van der Waals surface area contributed by atoms with Gasteiger partial charge in [-0.2, -0.15) is 0 Å². The van der Waals surface area contributed by atoms with Crippen LogP contribution in [0.15, 0.2) is 42.5 Å². The number of carbonyl (C=O) groups excluding carboxylic acids is 1. The summed E-state index contributed by atoms with van der Waals surface area (Å²) in [5.41, 5.74) is 0.339. The van der Waals surface area contributed by atoms with Crippen molar-refractivity contribution in [2.75, 3.05) is 31.6 Å². The van der Waals surface area contributed by atoms with Crippen LogP contribution in [0.4, 0.5) is 10.1 Å². The molecule has 5 nitrogen and oxygen atoms in total. The number of rotatable bonds is 6. The van der Waals surface area contributed by atoms with Gasteiger partial charge in [0.05, 0.1) is 12.1 Å². The van der Waals surface area contributed by atoms with Crippen molar-refractivity contribution in [2.45, 2.75) is 31.8 Å². The SMILES string of the molecule is Cc1ccc(F)cc1NC(=O)CN1CCCC(O)(COc2cccc(Cl)c2)CC1. The molecule has 2 aromatic rings. The fourth-order valence-corrected chi connectivity index (χ4v) is 3.61. The molecule has 29 heavy (non-hydrogen) atoms. The molecule has 156 valence electrons. The van der Waals surface area contributed by atoms with E-state index < -0.39 is 5.60 Å². The van der Waals surface area contributed by atoms with E-state index in [2.05, 4.69) is 5.32 Å². The zero-order valence-electron chi connectivity index (χ0n) is 16.5. The van der Waals surface area contributed by atoms with E-state index in [9.17, 15) is 14.3 Å². The van der Waals surface area contributed by atoms with Crippen molar-refractivity contribution in [3.63, 3.8) is 0 Å². The molecule has 7 heteroatoms. The molecule has 1 fully saturated rings. The van der Waals surface area contributed by atoms with Crippen LogP contribution >= 0.6 is 11.6 Å². The molecule has 0 aliphatic carbocycles. The van der Waals surface area contributed by atoms with E-state index >= 15 is 0 Å². The van der Waals surface area contributed by atoms with Crippen molar-refractivity contribution < 1.29 is 19.0 Å². The molecule has 0 aromatic heterocycles. The van der Waals surface area contributed by atoms with Gasteiger partial charge in [0.1, 0.15) is 18.2 Å². The number of hydrogen-bond donors (Lipinski definition) is 2. The lowest BCUT2D eigenvalue weighted by Gasteiger charge is -2.27. The maximum atomic E-state index is 13.4. The number of aliphatic hydroxyl groups is 1. The number of likely N-dealkylation sites (tertiary alicyclic amines) is 1. The number of carbonyl (C=O) groups is 1. The molecular weight excluding hydrogens is 395 g/mol. The Labute approximate surface area is 175 Å². The molecule has 1 aliphatic rings. The summed E-state index contributed by atoms with van der Waals surface area (Å²) in [6, 6.07) is 11.4. The van der Waals surface area contributed by atoms with E-state index in [0.29, 0.717) is 42.4 Å². The van der Waals surface area contributed by atoms with Crippen molar-refractivity contribution >= 4 is 23.2 Å². The van der Waals surface area contributed by atoms with Crippen molar-refractivity contribution in [1.29, 1.82) is 0 Å². The van der Waals surface area contributed by atoms with Crippen LogP contribution in [0.2, 0.25) is 5.02 Å². The molecule has 1 heterocycles. The Morgan fingerprint density at radius 3 is 2.90 bits per heavy atom. The number of amides is 1. The third kappa shape index (κ3) is 6.42. The second-order valence-electron chi connectivity index (χ2n) is 7.61. The standard InChI is InChI=1S/C22H26ClFN2O3/c1-16-6-7-18(24)13-20(16)25-21(27)14-26-10-3-8-22(28,9-11-26)15-29-19-5-2-4-17(23)12-19/h2,4-7,12-13,28H,3,8-11,14-15H2,1H3,(H,25,27). The first-order valence-electron chi connectivity index (χ1n) is 9.72. The first kappa shape index (κ1) is 21.6. The Morgan fingerprint density at radius 2 is 2.10 bits per heavy atom. The first-order chi connectivity index (χ1) is 13.8. The second kappa shape index (κ2) is 9.57. The van der Waals surface area contributed by atoms with E-state index in [1.807, 2.05) is 11.8 Å². The number of benzene rings is 2. The Kier molecular flexibility index (Phi) is 7.11. The van der Waals surface area contributed by atoms with Crippen LogP contribution in [0, 0.1) is 12.7 Å². The minimum Gasteiger partial charge on any atom is -0.491 e. The van der Waals surface area contributed by atoms with Gasteiger partial charge in [-0.1, -0.05) is 23.7 Å². The fraction of sp³-hybridized carbons (Fsp3) is 0.409. The number of ether oxygens (including phenoxy) is 1. The lowest BCUT2D eigenvalue weighted by Crippen LogP contribution is -2.38. The Hall–Kier alpha value is -2.15. The van der Waals surface area contributed by atoms with Gasteiger partial charge in [0.2, 0.25) is 5.91 Å². The molecule has 1 atom stereocenters. The van der Waals surface area contributed by atoms with Crippen LogP contribution in [0.25, 0.3) is 0 Å². The largest absolute Gasteiger partial charge is 0.491 e. The molecule has 0 spiro atoms. The molecule has 2 aromatic carbocycles. The predicted octanol–water partition coefficient (Wildman–Crippen LogP) is 4.02. The molecule has 1 aliphatic heterocycles. The molecule has 1 amide bonds. The molecule has 1 unspecified atom stereocenters. The maximum Gasteiger partial charge on any atom is 0.238 e. The van der Waals surface area contributed by atoms with Gasteiger partial charge in [0, 0.05) is 17.3 Å². The highest BCUT2D eigenvalue weighted by Crippen LogP contribution is 2.25. The summed E-state index contributed by atoms with van der Waals surface area (Å²) < 4.78 is 19.1. The summed E-state index contributed by atoms with van der Waals surface area (Å²) in [5, 5.41) is 14.3.